The van der Waals surface area contributed by atoms with Crippen molar-refractivity contribution in [3.8, 4) is 11.8 Å². The molecule has 0 radical (unpaired) electrons. The lowest BCUT2D eigenvalue weighted by molar-refractivity contribution is -0.150. The van der Waals surface area contributed by atoms with Crippen LogP contribution in [0.2, 0.25) is 0 Å². The van der Waals surface area contributed by atoms with Gasteiger partial charge in [0.25, 0.3) is 5.91 Å². The first-order valence-electron chi connectivity index (χ1n) is 8.54. The number of esters is 1. The largest absolute Gasteiger partial charge is 0.482 e. The number of carbonyl (C=O) groups is 2. The van der Waals surface area contributed by atoms with Gasteiger partial charge in [0.15, 0.2) is 13.2 Å². The molecule has 0 heterocycles. The van der Waals surface area contributed by atoms with E-state index in [0.717, 1.165) is 11.1 Å². The summed E-state index contributed by atoms with van der Waals surface area (Å²) in [6.07, 6.45) is 0. The van der Waals surface area contributed by atoms with Crippen molar-refractivity contribution in [1.29, 1.82) is 5.26 Å². The van der Waals surface area contributed by atoms with Gasteiger partial charge in [-0.05, 0) is 61.7 Å². The van der Waals surface area contributed by atoms with Gasteiger partial charge in [-0.1, -0.05) is 18.2 Å². The molecule has 0 unspecified atom stereocenters. The smallest absolute Gasteiger partial charge is 0.344 e. The second-order valence-electron chi connectivity index (χ2n) is 6.22. The number of rotatable bonds is 7. The standard InChI is InChI=1S/C21H22N2O4/c1-14-4-7-18(10-15(14)2)16(3)23-20(24)12-27-21(25)13-26-19-8-5-17(11-22)6-9-19/h4-10,16H,12-13H2,1-3H3,(H,23,24)/t16-/m1/s1. The highest BCUT2D eigenvalue weighted by molar-refractivity contribution is 5.81. The second-order valence-corrected chi connectivity index (χ2v) is 6.22. The Morgan fingerprint density at radius 2 is 1.78 bits per heavy atom. The first-order chi connectivity index (χ1) is 12.9. The molecular weight excluding hydrogens is 344 g/mol. The third kappa shape index (κ3) is 6.15. The van der Waals surface area contributed by atoms with Crippen molar-refractivity contribution < 1.29 is 19.1 Å². The Labute approximate surface area is 158 Å². The van der Waals surface area contributed by atoms with Crippen LogP contribution in [0.25, 0.3) is 0 Å². The number of hydrogen-bond donors (Lipinski definition) is 1. The van der Waals surface area contributed by atoms with Crippen molar-refractivity contribution in [3.05, 3.63) is 64.7 Å². The average Bonchev–Trinajstić information content (AvgIpc) is 2.67. The van der Waals surface area contributed by atoms with Crippen LogP contribution in [-0.4, -0.2) is 25.1 Å². The summed E-state index contributed by atoms with van der Waals surface area (Å²) in [5.74, 6) is -0.584. The molecule has 0 spiro atoms. The van der Waals surface area contributed by atoms with Gasteiger partial charge in [0, 0.05) is 0 Å². The lowest BCUT2D eigenvalue weighted by Gasteiger charge is -2.16. The number of nitrogens with zero attached hydrogens (tertiary/aromatic N) is 1. The van der Waals surface area contributed by atoms with Gasteiger partial charge in [-0.3, -0.25) is 4.79 Å². The number of nitrogens with one attached hydrogen (secondary N) is 1. The highest BCUT2D eigenvalue weighted by Crippen LogP contribution is 2.16. The van der Waals surface area contributed by atoms with E-state index < -0.39 is 5.97 Å². The molecule has 0 fully saturated rings. The zero-order valence-electron chi connectivity index (χ0n) is 15.6. The zero-order chi connectivity index (χ0) is 19.8. The molecule has 0 saturated heterocycles. The van der Waals surface area contributed by atoms with Gasteiger partial charge in [0.2, 0.25) is 0 Å². The van der Waals surface area contributed by atoms with Crippen molar-refractivity contribution >= 4 is 11.9 Å². The summed E-state index contributed by atoms with van der Waals surface area (Å²) in [4.78, 5) is 23.7. The minimum absolute atomic E-state index is 0.189. The third-order valence-electron chi connectivity index (χ3n) is 4.11. The molecule has 2 rings (SSSR count). The molecule has 0 aliphatic rings. The minimum atomic E-state index is -0.645. The molecule has 27 heavy (non-hydrogen) atoms. The number of hydrogen-bond acceptors (Lipinski definition) is 5. The molecule has 6 nitrogen and oxygen atoms in total. The second kappa shape index (κ2) is 9.39. The summed E-state index contributed by atoms with van der Waals surface area (Å²) in [5.41, 5.74) is 3.83. The zero-order valence-corrected chi connectivity index (χ0v) is 15.6. The van der Waals surface area contributed by atoms with Crippen LogP contribution in [0.3, 0.4) is 0 Å². The van der Waals surface area contributed by atoms with Gasteiger partial charge >= 0.3 is 5.97 Å². The third-order valence-corrected chi connectivity index (χ3v) is 4.11. The first kappa shape index (κ1) is 20.0. The van der Waals surface area contributed by atoms with Crippen LogP contribution in [0.5, 0.6) is 5.75 Å². The number of carbonyl (C=O) groups excluding carboxylic acids is 2. The van der Waals surface area contributed by atoms with E-state index in [1.807, 2.05) is 45.0 Å². The fourth-order valence-electron chi connectivity index (χ4n) is 2.36. The number of aryl methyl sites for hydroxylation is 2. The van der Waals surface area contributed by atoms with E-state index in [0.29, 0.717) is 11.3 Å². The first-order valence-corrected chi connectivity index (χ1v) is 8.54. The Morgan fingerprint density at radius 3 is 2.41 bits per heavy atom. The number of ether oxygens (including phenoxy) is 2. The quantitative estimate of drug-likeness (QED) is 0.761. The summed E-state index contributed by atoms with van der Waals surface area (Å²) in [7, 11) is 0. The molecule has 1 atom stereocenters. The normalized spacial score (nSPS) is 11.2. The van der Waals surface area contributed by atoms with Crippen LogP contribution in [0.1, 0.15) is 35.2 Å². The molecule has 0 saturated carbocycles. The summed E-state index contributed by atoms with van der Waals surface area (Å²) in [6.45, 7) is 5.24. The number of amides is 1. The Bertz CT molecular complexity index is 853. The van der Waals surface area contributed by atoms with Crippen molar-refractivity contribution in [2.24, 2.45) is 0 Å². The molecular formula is C21H22N2O4. The molecule has 140 valence electrons. The van der Waals surface area contributed by atoms with Gasteiger partial charge in [-0.15, -0.1) is 0 Å². The summed E-state index contributed by atoms with van der Waals surface area (Å²) in [5, 5.41) is 11.5. The van der Waals surface area contributed by atoms with E-state index >= 15 is 0 Å². The molecule has 1 amide bonds. The van der Waals surface area contributed by atoms with E-state index in [-0.39, 0.29) is 25.2 Å². The maximum absolute atomic E-state index is 12.0. The lowest BCUT2D eigenvalue weighted by atomic mass is 10.0. The van der Waals surface area contributed by atoms with E-state index in [1.54, 1.807) is 24.3 Å². The maximum Gasteiger partial charge on any atom is 0.344 e. The van der Waals surface area contributed by atoms with Gasteiger partial charge in [-0.2, -0.15) is 5.26 Å². The lowest BCUT2D eigenvalue weighted by Crippen LogP contribution is -2.32. The molecule has 1 N–H and O–H groups in total. The van der Waals surface area contributed by atoms with Crippen molar-refractivity contribution in [3.63, 3.8) is 0 Å². The molecule has 0 aliphatic heterocycles. The fraction of sp³-hybridized carbons (Fsp3) is 0.286. The van der Waals surface area contributed by atoms with E-state index in [2.05, 4.69) is 5.32 Å². The SMILES string of the molecule is Cc1ccc([C@@H](C)NC(=O)COC(=O)COc2ccc(C#N)cc2)cc1C. The van der Waals surface area contributed by atoms with Crippen LogP contribution >= 0.6 is 0 Å². The van der Waals surface area contributed by atoms with Crippen molar-refractivity contribution in [2.45, 2.75) is 26.8 Å². The highest BCUT2D eigenvalue weighted by Gasteiger charge is 2.13. The molecule has 2 aromatic rings. The summed E-state index contributed by atoms with van der Waals surface area (Å²) >= 11 is 0. The monoisotopic (exact) mass is 366 g/mol. The van der Waals surface area contributed by atoms with Gasteiger partial charge in [0.05, 0.1) is 17.7 Å². The summed E-state index contributed by atoms with van der Waals surface area (Å²) in [6, 6.07) is 14.1. The number of benzene rings is 2. The Hall–Kier alpha value is -3.33. The Kier molecular flexibility index (Phi) is 6.95. The van der Waals surface area contributed by atoms with Gasteiger partial charge in [0.1, 0.15) is 5.75 Å². The number of nitriles is 1. The predicted octanol–water partition coefficient (Wildman–Crippen LogP) is 2.97. The molecule has 0 bridgehead atoms. The average molecular weight is 366 g/mol. The van der Waals surface area contributed by atoms with Gasteiger partial charge < -0.3 is 14.8 Å². The summed E-state index contributed by atoms with van der Waals surface area (Å²) < 4.78 is 10.2. The van der Waals surface area contributed by atoms with Crippen molar-refractivity contribution in [1.82, 2.24) is 5.32 Å². The van der Waals surface area contributed by atoms with Crippen molar-refractivity contribution in [2.75, 3.05) is 13.2 Å². The molecule has 2 aromatic carbocycles. The van der Waals surface area contributed by atoms with Crippen LogP contribution in [0.15, 0.2) is 42.5 Å². The van der Waals surface area contributed by atoms with E-state index in [4.69, 9.17) is 14.7 Å². The van der Waals surface area contributed by atoms with Crippen LogP contribution < -0.4 is 10.1 Å². The predicted molar refractivity (Wildman–Crippen MR) is 100 cm³/mol. The van der Waals surface area contributed by atoms with Gasteiger partial charge in [-0.25, -0.2) is 4.79 Å². The topological polar surface area (TPSA) is 88.4 Å². The van der Waals surface area contributed by atoms with Crippen LogP contribution in [-0.2, 0) is 14.3 Å². The molecule has 6 heteroatoms. The van der Waals surface area contributed by atoms with Crippen LogP contribution in [0, 0.1) is 25.2 Å². The maximum atomic E-state index is 12.0. The highest BCUT2D eigenvalue weighted by atomic mass is 16.6. The molecule has 0 aliphatic carbocycles. The Morgan fingerprint density at radius 1 is 1.07 bits per heavy atom. The van der Waals surface area contributed by atoms with E-state index in [1.165, 1.54) is 5.56 Å². The minimum Gasteiger partial charge on any atom is -0.482 e. The molecule has 0 aromatic heterocycles. The fourth-order valence-corrected chi connectivity index (χ4v) is 2.36. The Balaban J connectivity index is 1.74. The van der Waals surface area contributed by atoms with E-state index in [9.17, 15) is 9.59 Å². The van der Waals surface area contributed by atoms with Crippen LogP contribution in [0.4, 0.5) is 0 Å².